The molecule has 40 heteroatoms. The highest BCUT2D eigenvalue weighted by atomic mass is 32.2. The van der Waals surface area contributed by atoms with E-state index in [9.17, 15) is 81.8 Å². The number of carbonyl (C=O) groups is 16. The Kier molecular flexibility index (Phi) is 52.3. The lowest BCUT2D eigenvalue weighted by Gasteiger charge is -2.30. The number of H-pyrrole nitrogens is 1. The number of aliphatic hydroxyl groups is 1. The van der Waals surface area contributed by atoms with E-state index in [1.165, 1.54) is 46.4 Å². The fraction of sp³-hybridized carbons (Fsp3) is 0.718. The number of aromatic amines is 1. The number of hydrogen-bond acceptors (Lipinski definition) is 23. The second kappa shape index (κ2) is 58.6. The van der Waals surface area contributed by atoms with Crippen LogP contribution in [-0.2, 0) is 83.1 Å². The third-order valence-corrected chi connectivity index (χ3v) is 21.3. The topological polar surface area (TPSA) is 646 Å². The van der Waals surface area contributed by atoms with Gasteiger partial charge in [-0.2, -0.15) is 11.8 Å². The van der Waals surface area contributed by atoms with Gasteiger partial charge in [-0.15, -0.1) is 0 Å². The summed E-state index contributed by atoms with van der Waals surface area (Å²) in [5.41, 5.74) is 35.9. The van der Waals surface area contributed by atoms with Gasteiger partial charge in [0.15, 0.2) is 0 Å². The molecular formula is C85H150N22O17S. The Morgan fingerprint density at radius 3 is 0.992 bits per heavy atom. The van der Waals surface area contributed by atoms with Crippen molar-refractivity contribution in [2.45, 2.75) is 322 Å². The fourth-order valence-corrected chi connectivity index (χ4v) is 14.0. The van der Waals surface area contributed by atoms with Crippen LogP contribution in [0.25, 0.3) is 10.9 Å². The van der Waals surface area contributed by atoms with Gasteiger partial charge in [0.05, 0.1) is 12.1 Å². The molecule has 0 saturated carbocycles. The van der Waals surface area contributed by atoms with E-state index in [2.05, 4.69) is 84.7 Å². The molecule has 39 nitrogen and oxygen atoms in total. The van der Waals surface area contributed by atoms with E-state index in [1.807, 2.05) is 38.1 Å². The Balaban J connectivity index is 2.47. The maximum absolute atomic E-state index is 14.8. The van der Waals surface area contributed by atoms with Crippen molar-refractivity contribution in [3.8, 4) is 0 Å². The molecule has 0 spiro atoms. The van der Waals surface area contributed by atoms with E-state index in [-0.39, 0.29) is 108 Å². The smallest absolute Gasteiger partial charge is 0.245 e. The number of para-hydroxylation sites is 1. The van der Waals surface area contributed by atoms with Crippen LogP contribution in [0.3, 0.4) is 0 Å². The molecule has 29 N–H and O–H groups in total. The Morgan fingerprint density at radius 2 is 0.632 bits per heavy atom. The minimum atomic E-state index is -1.74. The molecule has 708 valence electrons. The summed E-state index contributed by atoms with van der Waals surface area (Å²) >= 11 is 1.35. The van der Waals surface area contributed by atoms with Gasteiger partial charge in [0.1, 0.15) is 90.6 Å². The highest BCUT2D eigenvalue weighted by Crippen LogP contribution is 2.22. The summed E-state index contributed by atoms with van der Waals surface area (Å²) in [6.45, 7) is 25.6. The predicted molar refractivity (Wildman–Crippen MR) is 480 cm³/mol. The maximum atomic E-state index is 14.8. The van der Waals surface area contributed by atoms with Gasteiger partial charge in [-0.1, -0.05) is 87.4 Å². The number of unbranched alkanes of at least 4 members (excludes halogenated alkanes) is 4. The molecule has 0 radical (unpaired) electrons. The van der Waals surface area contributed by atoms with Gasteiger partial charge in [-0.05, 0) is 223 Å². The molecule has 0 aliphatic carbocycles. The van der Waals surface area contributed by atoms with E-state index in [1.54, 1.807) is 67.8 Å². The lowest BCUT2D eigenvalue weighted by molar-refractivity contribution is -0.137. The van der Waals surface area contributed by atoms with Gasteiger partial charge in [0.25, 0.3) is 0 Å². The van der Waals surface area contributed by atoms with Crippen LogP contribution in [-0.4, -0.2) is 246 Å². The zero-order valence-electron chi connectivity index (χ0n) is 76.2. The van der Waals surface area contributed by atoms with Crippen LogP contribution in [0.1, 0.15) is 219 Å². The van der Waals surface area contributed by atoms with Crippen LogP contribution < -0.4 is 114 Å². The molecule has 0 aliphatic heterocycles. The zero-order valence-corrected chi connectivity index (χ0v) is 77.0. The molecule has 0 bridgehead atoms. The van der Waals surface area contributed by atoms with E-state index < -0.39 is 203 Å². The number of rotatable bonds is 62. The van der Waals surface area contributed by atoms with E-state index in [4.69, 9.17) is 34.4 Å². The highest BCUT2D eigenvalue weighted by molar-refractivity contribution is 7.98. The first-order chi connectivity index (χ1) is 58.8. The molecular weight excluding hydrogens is 1630 g/mol. The van der Waals surface area contributed by atoms with Crippen LogP contribution in [0.5, 0.6) is 0 Å². The summed E-state index contributed by atoms with van der Waals surface area (Å²) in [5.74, 6) is -13.9. The van der Waals surface area contributed by atoms with Gasteiger partial charge in [-0.3, -0.25) is 76.7 Å². The monoisotopic (exact) mass is 1780 g/mol. The number of amides is 16. The standard InChI is InChI=1S/C85H150N22O17S/c1-45(2)39-63(101-71(110)50(11)90)81(120)103-67(43-55-44-92-57-28-18-17-27-56(55)57)83(122)100-62(33-38-125-16)78(117)107-69(54(15)108)85(124)105-66(42-48(7)8)82(121)102-64(40-46(3)4)79(118)99-60(31-21-25-36-88)76(115)97-61(32-22-26-37-89)77(116)106-68(49(9)10)84(123)104-65(41-47(5)6)80(119)98-59(30-20-24-35-87)75(114)95-52(13)73(112)93-51(12)72(111)94-53(14)74(113)96-58(70(91)109)29-19-23-34-86/h17-18,27-28,44-54,58-69,92,108H,19-26,29-43,86-90H2,1-16H3,(H2,91,109)(H,93,112)(H,94,111)(H,95,114)(H,96,113)(H,97,115)(H,98,119)(H,99,118)(H,100,122)(H,101,110)(H,102,121)(H,103,120)(H,104,123)(H,105,124)(H,106,116)(H,107,117)/t50-,51-,52-,53-,54+,58-,59-,60-,61-,62-,63-,64-,65-,66-,67-,68-,69-/m0/s1. The molecule has 2 aromatic rings. The summed E-state index contributed by atoms with van der Waals surface area (Å²) in [6, 6.07) is -13.2. The first kappa shape index (κ1) is 111. The fourth-order valence-electron chi connectivity index (χ4n) is 13.5. The van der Waals surface area contributed by atoms with Crippen molar-refractivity contribution in [2.24, 2.45) is 64.0 Å². The molecule has 0 saturated heterocycles. The van der Waals surface area contributed by atoms with Crippen molar-refractivity contribution in [1.29, 1.82) is 0 Å². The number of fused-ring (bicyclic) bond motifs is 1. The number of benzene rings is 1. The van der Waals surface area contributed by atoms with Crippen molar-refractivity contribution in [2.75, 3.05) is 38.2 Å². The molecule has 0 aliphatic rings. The molecule has 125 heavy (non-hydrogen) atoms. The van der Waals surface area contributed by atoms with Crippen LogP contribution in [0.4, 0.5) is 0 Å². The van der Waals surface area contributed by atoms with Crippen molar-refractivity contribution in [3.05, 3.63) is 36.0 Å². The summed E-state index contributed by atoms with van der Waals surface area (Å²) in [5, 5.41) is 52.2. The number of hydrogen-bond donors (Lipinski definition) is 23. The number of aromatic nitrogens is 1. The Labute approximate surface area is 740 Å². The maximum Gasteiger partial charge on any atom is 0.245 e. The van der Waals surface area contributed by atoms with Crippen molar-refractivity contribution < 1.29 is 81.8 Å². The second-order valence-electron chi connectivity index (χ2n) is 34.5. The molecule has 1 aromatic carbocycles. The van der Waals surface area contributed by atoms with Crippen molar-refractivity contribution in [1.82, 2.24) is 84.7 Å². The van der Waals surface area contributed by atoms with Gasteiger partial charge in [0, 0.05) is 23.5 Å². The average molecular weight is 1780 g/mol. The second-order valence-corrected chi connectivity index (χ2v) is 35.4. The lowest BCUT2D eigenvalue weighted by atomic mass is 9.98. The third-order valence-electron chi connectivity index (χ3n) is 20.7. The number of aliphatic hydroxyl groups excluding tert-OH is 1. The summed E-state index contributed by atoms with van der Waals surface area (Å²) in [6.07, 6.45) is 5.61. The first-order valence-electron chi connectivity index (χ1n) is 44.0. The highest BCUT2D eigenvalue weighted by Gasteiger charge is 2.40. The summed E-state index contributed by atoms with van der Waals surface area (Å²) < 4.78 is 0. The largest absolute Gasteiger partial charge is 0.391 e. The SMILES string of the molecule is CSCC[C@H](NC(=O)[C@H](Cc1c[nH]c2ccccc12)NC(=O)[C@H](CC(C)C)NC(=O)[C@H](C)N)C(=O)N[C@H](C(=O)N[C@@H](CC(C)C)C(=O)N[C@@H](CC(C)C)C(=O)N[C@@H](CCCCN)C(=O)N[C@@H](CCCCN)C(=O)N[C@H](C(=O)N[C@@H](CC(C)C)C(=O)N[C@@H](CCCCN)C(=O)N[C@@H](C)C(=O)N[C@@H](C)C(=O)N[C@@H](C)C(=O)N[C@@H](CCCCN)C(N)=O)C(C)C)[C@@H](C)O. The van der Waals surface area contributed by atoms with Gasteiger partial charge >= 0.3 is 0 Å². The minimum absolute atomic E-state index is 0.000291. The Bertz CT molecular complexity index is 3790. The number of nitrogens with two attached hydrogens (primary N) is 6. The van der Waals surface area contributed by atoms with Crippen LogP contribution in [0.15, 0.2) is 30.5 Å². The average Bonchev–Trinajstić information content (AvgIpc) is 1.73. The van der Waals surface area contributed by atoms with E-state index >= 15 is 0 Å². The van der Waals surface area contributed by atoms with Crippen LogP contribution >= 0.6 is 11.8 Å². The molecule has 0 unspecified atom stereocenters. The van der Waals surface area contributed by atoms with Gasteiger partial charge in [-0.25, -0.2) is 0 Å². The molecule has 1 heterocycles. The number of thioether (sulfide) groups is 1. The third kappa shape index (κ3) is 41.6. The Morgan fingerprint density at radius 1 is 0.344 bits per heavy atom. The molecule has 0 fully saturated rings. The minimum Gasteiger partial charge on any atom is -0.391 e. The van der Waals surface area contributed by atoms with Crippen molar-refractivity contribution >= 4 is 117 Å². The Hall–Kier alpha value is -9.61. The first-order valence-corrected chi connectivity index (χ1v) is 45.4. The lowest BCUT2D eigenvalue weighted by Crippen LogP contribution is -2.62. The predicted octanol–water partition coefficient (Wildman–Crippen LogP) is -1.64. The number of nitrogens with one attached hydrogen (secondary N) is 16. The van der Waals surface area contributed by atoms with Crippen molar-refractivity contribution in [3.63, 3.8) is 0 Å². The summed E-state index contributed by atoms with van der Waals surface area (Å²) in [4.78, 5) is 228. The molecule has 2 rings (SSSR count). The zero-order chi connectivity index (χ0) is 94.5. The molecule has 1 aromatic heterocycles. The number of primary amides is 1. The molecule has 17 atom stereocenters. The normalized spacial score (nSPS) is 15.6. The van der Waals surface area contributed by atoms with Gasteiger partial charge < -0.3 is 124 Å². The van der Waals surface area contributed by atoms with Gasteiger partial charge in [0.2, 0.25) is 94.5 Å². The van der Waals surface area contributed by atoms with Crippen LogP contribution in [0, 0.1) is 29.6 Å². The van der Waals surface area contributed by atoms with Crippen LogP contribution in [0.2, 0.25) is 0 Å². The quantitative estimate of drug-likeness (QED) is 0.0330. The molecule has 16 amide bonds. The summed E-state index contributed by atoms with van der Waals surface area (Å²) in [7, 11) is 0. The van der Waals surface area contributed by atoms with E-state index in [0.29, 0.717) is 69.2 Å². The van der Waals surface area contributed by atoms with E-state index in [0.717, 1.165) is 10.9 Å². The number of carbonyl (C=O) groups excluding carboxylic acids is 16.